The Morgan fingerprint density at radius 3 is 2.48 bits per heavy atom. The second-order valence-corrected chi connectivity index (χ2v) is 8.44. The highest BCUT2D eigenvalue weighted by Gasteiger charge is 2.38. The third-order valence-corrected chi connectivity index (χ3v) is 5.38. The Hall–Kier alpha value is -1.06. The maximum absolute atomic E-state index is 12.6. The number of nitrogens with zero attached hydrogens (tertiary/aromatic N) is 1. The van der Waals surface area contributed by atoms with Gasteiger partial charge >= 0.3 is 0 Å². The molecule has 3 nitrogen and oxygen atoms in total. The Bertz CT molecular complexity index is 551. The zero-order valence-corrected chi connectivity index (χ0v) is 15.7. The number of rotatable bonds is 4. The largest absolute Gasteiger partial charge is 0.342 e. The third kappa shape index (κ3) is 4.48. The molecule has 0 saturated carbocycles. The van der Waals surface area contributed by atoms with Crippen molar-refractivity contribution in [1.82, 2.24) is 10.2 Å². The van der Waals surface area contributed by atoms with Crippen molar-refractivity contribution in [3.8, 4) is 0 Å². The molecule has 2 rings (SSSR count). The Kier molecular flexibility index (Phi) is 5.42. The molecule has 23 heavy (non-hydrogen) atoms. The molecule has 0 aliphatic carbocycles. The summed E-state index contributed by atoms with van der Waals surface area (Å²) in [4.78, 5) is 14.6. The molecular weight excluding hydrogens is 308 g/mol. The van der Waals surface area contributed by atoms with E-state index in [9.17, 15) is 4.79 Å². The second kappa shape index (κ2) is 6.82. The van der Waals surface area contributed by atoms with Crippen LogP contribution in [0.25, 0.3) is 0 Å². The van der Waals surface area contributed by atoms with Crippen LogP contribution in [0.3, 0.4) is 0 Å². The predicted molar refractivity (Wildman–Crippen MR) is 96.9 cm³/mol. The zero-order valence-electron chi connectivity index (χ0n) is 14.9. The Morgan fingerprint density at radius 2 is 1.96 bits per heavy atom. The molecule has 4 heteroatoms. The Balaban J connectivity index is 2.07. The minimum Gasteiger partial charge on any atom is -0.342 e. The number of hydrogen-bond acceptors (Lipinski definition) is 2. The Labute approximate surface area is 145 Å². The molecule has 1 fully saturated rings. The quantitative estimate of drug-likeness (QED) is 0.898. The number of piperidine rings is 1. The van der Waals surface area contributed by atoms with Gasteiger partial charge in [-0.3, -0.25) is 4.79 Å². The van der Waals surface area contributed by atoms with Crippen LogP contribution in [0.15, 0.2) is 24.3 Å². The van der Waals surface area contributed by atoms with Crippen molar-refractivity contribution in [2.45, 2.75) is 52.0 Å². The van der Waals surface area contributed by atoms with E-state index in [2.05, 4.69) is 45.1 Å². The first-order valence-corrected chi connectivity index (χ1v) is 8.74. The fraction of sp³-hybridized carbons (Fsp3) is 0.632. The van der Waals surface area contributed by atoms with Crippen LogP contribution in [0.4, 0.5) is 0 Å². The summed E-state index contributed by atoms with van der Waals surface area (Å²) in [7, 11) is 1.91. The fourth-order valence-corrected chi connectivity index (χ4v) is 3.59. The van der Waals surface area contributed by atoms with Crippen molar-refractivity contribution in [1.29, 1.82) is 0 Å². The van der Waals surface area contributed by atoms with E-state index < -0.39 is 0 Å². The van der Waals surface area contributed by atoms with Gasteiger partial charge < -0.3 is 10.2 Å². The summed E-state index contributed by atoms with van der Waals surface area (Å²) >= 11 is 6.00. The molecule has 1 atom stereocenters. The molecule has 1 saturated heterocycles. The molecule has 128 valence electrons. The van der Waals surface area contributed by atoms with Crippen molar-refractivity contribution < 1.29 is 4.79 Å². The monoisotopic (exact) mass is 336 g/mol. The van der Waals surface area contributed by atoms with Gasteiger partial charge in [-0.15, -0.1) is 0 Å². The van der Waals surface area contributed by atoms with Crippen LogP contribution in [0.2, 0.25) is 5.02 Å². The summed E-state index contributed by atoms with van der Waals surface area (Å²) in [5.41, 5.74) is 1.22. The van der Waals surface area contributed by atoms with Crippen LogP contribution in [0.5, 0.6) is 0 Å². The van der Waals surface area contributed by atoms with Crippen LogP contribution < -0.4 is 5.32 Å². The summed E-state index contributed by atoms with van der Waals surface area (Å²) in [6.45, 7) is 10.3. The predicted octanol–water partition coefficient (Wildman–Crippen LogP) is 4.07. The summed E-state index contributed by atoms with van der Waals surface area (Å²) in [6.07, 6.45) is 1.53. The number of carbonyl (C=O) groups excluding carboxylic acids is 1. The smallest absolute Gasteiger partial charge is 0.224 e. The van der Waals surface area contributed by atoms with E-state index in [1.165, 1.54) is 5.56 Å². The zero-order chi connectivity index (χ0) is 17.3. The van der Waals surface area contributed by atoms with Crippen molar-refractivity contribution in [2.75, 3.05) is 20.1 Å². The van der Waals surface area contributed by atoms with Crippen LogP contribution in [0, 0.1) is 5.41 Å². The SMILES string of the molecule is CNC(C)(C)CC(=O)N1CCC(c2ccc(Cl)cc2)C(C)(C)C1. The third-order valence-electron chi connectivity index (χ3n) is 5.12. The summed E-state index contributed by atoms with van der Waals surface area (Å²) in [5, 5.41) is 3.98. The van der Waals surface area contributed by atoms with Gasteiger partial charge in [0.15, 0.2) is 0 Å². The lowest BCUT2D eigenvalue weighted by molar-refractivity contribution is -0.136. The molecule has 0 spiro atoms. The number of halogens is 1. The van der Waals surface area contributed by atoms with E-state index in [1.807, 2.05) is 24.1 Å². The number of nitrogens with one attached hydrogen (secondary N) is 1. The molecule has 1 aliphatic rings. The summed E-state index contributed by atoms with van der Waals surface area (Å²) in [6, 6.07) is 8.16. The maximum Gasteiger partial charge on any atom is 0.224 e. The van der Waals surface area contributed by atoms with Crippen molar-refractivity contribution in [3.05, 3.63) is 34.9 Å². The van der Waals surface area contributed by atoms with Gasteiger partial charge in [-0.05, 0) is 56.3 Å². The van der Waals surface area contributed by atoms with E-state index in [1.54, 1.807) is 0 Å². The number of hydrogen-bond donors (Lipinski definition) is 1. The molecule has 0 aromatic heterocycles. The highest BCUT2D eigenvalue weighted by Crippen LogP contribution is 2.42. The summed E-state index contributed by atoms with van der Waals surface area (Å²) in [5.74, 6) is 0.702. The topological polar surface area (TPSA) is 32.3 Å². The van der Waals surface area contributed by atoms with E-state index in [0.29, 0.717) is 12.3 Å². The van der Waals surface area contributed by atoms with E-state index in [0.717, 1.165) is 24.5 Å². The van der Waals surface area contributed by atoms with Crippen LogP contribution in [-0.4, -0.2) is 36.5 Å². The Morgan fingerprint density at radius 1 is 1.35 bits per heavy atom. The molecule has 1 aromatic carbocycles. The molecule has 1 unspecified atom stereocenters. The number of carbonyl (C=O) groups is 1. The van der Waals surface area contributed by atoms with Crippen LogP contribution >= 0.6 is 11.6 Å². The molecule has 1 heterocycles. The van der Waals surface area contributed by atoms with Gasteiger partial charge in [0.25, 0.3) is 0 Å². The van der Waals surface area contributed by atoms with Crippen molar-refractivity contribution >= 4 is 17.5 Å². The first-order valence-electron chi connectivity index (χ1n) is 8.37. The van der Waals surface area contributed by atoms with Crippen LogP contribution in [0.1, 0.15) is 52.0 Å². The van der Waals surface area contributed by atoms with Crippen molar-refractivity contribution in [2.24, 2.45) is 5.41 Å². The first kappa shape index (κ1) is 18.3. The van der Waals surface area contributed by atoms with Gasteiger partial charge in [0.05, 0.1) is 0 Å². The van der Waals surface area contributed by atoms with Gasteiger partial charge in [0, 0.05) is 30.1 Å². The number of likely N-dealkylation sites (tertiary alicyclic amines) is 1. The first-order chi connectivity index (χ1) is 10.6. The summed E-state index contributed by atoms with van der Waals surface area (Å²) < 4.78 is 0. The molecule has 0 bridgehead atoms. The van der Waals surface area contributed by atoms with Gasteiger partial charge in [0.1, 0.15) is 0 Å². The molecule has 1 aliphatic heterocycles. The minimum atomic E-state index is -0.158. The highest BCUT2D eigenvalue weighted by molar-refractivity contribution is 6.30. The van der Waals surface area contributed by atoms with Gasteiger partial charge in [0.2, 0.25) is 5.91 Å². The molecule has 0 radical (unpaired) electrons. The number of amides is 1. The van der Waals surface area contributed by atoms with E-state index in [4.69, 9.17) is 11.6 Å². The van der Waals surface area contributed by atoms with Gasteiger partial charge in [-0.1, -0.05) is 37.6 Å². The standard InChI is InChI=1S/C19H29ClN2O/c1-18(2)13-22(17(23)12-19(3,4)21-5)11-10-16(18)14-6-8-15(20)9-7-14/h6-9,16,21H,10-13H2,1-5H3. The highest BCUT2D eigenvalue weighted by atomic mass is 35.5. The van der Waals surface area contributed by atoms with Crippen molar-refractivity contribution in [3.63, 3.8) is 0 Å². The average Bonchev–Trinajstić information content (AvgIpc) is 2.47. The van der Waals surface area contributed by atoms with Gasteiger partial charge in [-0.25, -0.2) is 0 Å². The lowest BCUT2D eigenvalue weighted by Gasteiger charge is -2.45. The minimum absolute atomic E-state index is 0.0610. The molecule has 1 amide bonds. The van der Waals surface area contributed by atoms with E-state index in [-0.39, 0.29) is 16.9 Å². The lowest BCUT2D eigenvalue weighted by Crippen LogP contribution is -2.50. The molecule has 1 aromatic rings. The van der Waals surface area contributed by atoms with E-state index >= 15 is 0 Å². The van der Waals surface area contributed by atoms with Crippen LogP contribution in [-0.2, 0) is 4.79 Å². The average molecular weight is 337 g/mol. The molecule has 1 N–H and O–H groups in total. The fourth-order valence-electron chi connectivity index (χ4n) is 3.46. The number of benzene rings is 1. The molecular formula is C19H29ClN2O. The lowest BCUT2D eigenvalue weighted by atomic mass is 9.70. The second-order valence-electron chi connectivity index (χ2n) is 8.01. The van der Waals surface area contributed by atoms with Gasteiger partial charge in [-0.2, -0.15) is 0 Å². The normalized spacial score (nSPS) is 21.3. The maximum atomic E-state index is 12.6.